The van der Waals surface area contributed by atoms with Gasteiger partial charge < -0.3 is 14.4 Å². The predicted octanol–water partition coefficient (Wildman–Crippen LogP) is 2.88. The number of carboxylic acid groups (broad SMARTS) is 1. The molecule has 1 heterocycles. The topological polar surface area (TPSA) is 85.5 Å². The van der Waals surface area contributed by atoms with Crippen LogP contribution in [0.15, 0.2) is 22.7 Å². The molecule has 1 N–H and O–H groups in total. The molecular formula is C13H11ClN2O4. The Morgan fingerprint density at radius 2 is 2.30 bits per heavy atom. The van der Waals surface area contributed by atoms with Crippen molar-refractivity contribution < 1.29 is 19.2 Å². The minimum absolute atomic E-state index is 0.0385. The largest absolute Gasteiger partial charge is 0.485 e. The highest BCUT2D eigenvalue weighted by molar-refractivity contribution is 6.30. The molecule has 6 nitrogen and oxygen atoms in total. The second-order valence-electron chi connectivity index (χ2n) is 4.56. The molecule has 1 aliphatic rings. The maximum Gasteiger partial charge on any atom is 0.339 e. The van der Waals surface area contributed by atoms with Crippen LogP contribution >= 0.6 is 11.6 Å². The van der Waals surface area contributed by atoms with Crippen molar-refractivity contribution in [1.29, 1.82) is 0 Å². The van der Waals surface area contributed by atoms with Gasteiger partial charge in [-0.3, -0.25) is 0 Å². The molecule has 2 aromatic rings. The van der Waals surface area contributed by atoms with Crippen LogP contribution in [0.25, 0.3) is 0 Å². The number of halogens is 1. The fourth-order valence-electron chi connectivity index (χ4n) is 1.76. The normalized spacial score (nSPS) is 14.2. The van der Waals surface area contributed by atoms with Gasteiger partial charge in [0, 0.05) is 10.9 Å². The van der Waals surface area contributed by atoms with Crippen LogP contribution in [0.4, 0.5) is 0 Å². The Hall–Kier alpha value is -2.08. The number of benzene rings is 1. The maximum absolute atomic E-state index is 11.1. The van der Waals surface area contributed by atoms with Crippen molar-refractivity contribution in [2.45, 2.75) is 25.4 Å². The Morgan fingerprint density at radius 1 is 1.50 bits per heavy atom. The van der Waals surface area contributed by atoms with Crippen molar-refractivity contribution >= 4 is 17.6 Å². The minimum Gasteiger partial charge on any atom is -0.485 e. The van der Waals surface area contributed by atoms with Crippen molar-refractivity contribution in [2.75, 3.05) is 0 Å². The van der Waals surface area contributed by atoms with Gasteiger partial charge in [-0.25, -0.2) is 4.79 Å². The minimum atomic E-state index is -1.08. The number of rotatable bonds is 5. The van der Waals surface area contributed by atoms with Gasteiger partial charge in [0.25, 0.3) is 0 Å². The number of carbonyl (C=O) groups is 1. The highest BCUT2D eigenvalue weighted by Gasteiger charge is 2.29. The summed E-state index contributed by atoms with van der Waals surface area (Å²) in [6, 6.07) is 4.34. The summed E-state index contributed by atoms with van der Waals surface area (Å²) in [5.41, 5.74) is 0.0420. The van der Waals surface area contributed by atoms with E-state index in [1.807, 2.05) is 0 Å². The number of aromatic carboxylic acids is 1. The second kappa shape index (κ2) is 5.13. The van der Waals surface area contributed by atoms with E-state index in [2.05, 4.69) is 10.1 Å². The molecule has 1 aromatic heterocycles. The molecule has 1 aliphatic carbocycles. The lowest BCUT2D eigenvalue weighted by atomic mass is 10.2. The zero-order valence-electron chi connectivity index (χ0n) is 10.4. The van der Waals surface area contributed by atoms with Crippen LogP contribution < -0.4 is 4.74 Å². The molecule has 3 rings (SSSR count). The number of nitrogens with zero attached hydrogens (tertiary/aromatic N) is 2. The molecule has 0 aliphatic heterocycles. The molecule has 0 bridgehead atoms. The Bertz CT molecular complexity index is 652. The summed E-state index contributed by atoms with van der Waals surface area (Å²) in [4.78, 5) is 15.3. The van der Waals surface area contributed by atoms with Crippen molar-refractivity contribution in [3.8, 4) is 5.75 Å². The van der Waals surface area contributed by atoms with Gasteiger partial charge in [-0.15, -0.1) is 0 Å². The fourth-order valence-corrected chi connectivity index (χ4v) is 1.92. The molecule has 1 fully saturated rings. The van der Waals surface area contributed by atoms with E-state index in [9.17, 15) is 4.79 Å². The lowest BCUT2D eigenvalue weighted by Gasteiger charge is -2.07. The average molecular weight is 295 g/mol. The van der Waals surface area contributed by atoms with Gasteiger partial charge >= 0.3 is 5.97 Å². The van der Waals surface area contributed by atoms with Gasteiger partial charge in [0.2, 0.25) is 11.7 Å². The zero-order chi connectivity index (χ0) is 14.1. The molecule has 104 valence electrons. The first-order valence-electron chi connectivity index (χ1n) is 6.11. The smallest absolute Gasteiger partial charge is 0.339 e. The quantitative estimate of drug-likeness (QED) is 0.912. The predicted molar refractivity (Wildman–Crippen MR) is 69.0 cm³/mol. The third-order valence-electron chi connectivity index (χ3n) is 2.94. The molecule has 1 saturated carbocycles. The molecule has 0 amide bonds. The molecule has 1 aromatic carbocycles. The van der Waals surface area contributed by atoms with E-state index in [-0.39, 0.29) is 17.9 Å². The van der Waals surface area contributed by atoms with Gasteiger partial charge in [0.1, 0.15) is 11.3 Å². The first-order valence-corrected chi connectivity index (χ1v) is 6.49. The summed E-state index contributed by atoms with van der Waals surface area (Å²) < 4.78 is 10.5. The summed E-state index contributed by atoms with van der Waals surface area (Å²) in [6.45, 7) is 0.0385. The number of hydrogen-bond donors (Lipinski definition) is 1. The van der Waals surface area contributed by atoms with Crippen LogP contribution in [0.3, 0.4) is 0 Å². The summed E-state index contributed by atoms with van der Waals surface area (Å²) in [5, 5.41) is 13.3. The van der Waals surface area contributed by atoms with E-state index < -0.39 is 5.97 Å². The lowest BCUT2D eigenvalue weighted by molar-refractivity contribution is 0.0691. The molecular weight excluding hydrogens is 284 g/mol. The van der Waals surface area contributed by atoms with Crippen LogP contribution in [-0.2, 0) is 6.61 Å². The van der Waals surface area contributed by atoms with Crippen molar-refractivity contribution in [1.82, 2.24) is 10.1 Å². The highest BCUT2D eigenvalue weighted by Crippen LogP contribution is 2.38. The van der Waals surface area contributed by atoms with E-state index in [1.54, 1.807) is 0 Å². The third kappa shape index (κ3) is 2.75. The highest BCUT2D eigenvalue weighted by atomic mass is 35.5. The van der Waals surface area contributed by atoms with E-state index in [0.29, 0.717) is 22.7 Å². The molecule has 0 saturated heterocycles. The summed E-state index contributed by atoms with van der Waals surface area (Å²) in [7, 11) is 0. The maximum atomic E-state index is 11.1. The van der Waals surface area contributed by atoms with Crippen molar-refractivity contribution in [3.05, 3.63) is 40.5 Å². The summed E-state index contributed by atoms with van der Waals surface area (Å²) in [6.07, 6.45) is 2.14. The first kappa shape index (κ1) is 12.9. The van der Waals surface area contributed by atoms with Crippen LogP contribution in [0.2, 0.25) is 5.02 Å². The van der Waals surface area contributed by atoms with Crippen molar-refractivity contribution in [2.24, 2.45) is 0 Å². The Labute approximate surface area is 119 Å². The fraction of sp³-hybridized carbons (Fsp3) is 0.308. The number of carboxylic acids is 1. The van der Waals surface area contributed by atoms with Gasteiger partial charge in [0.15, 0.2) is 6.61 Å². The van der Waals surface area contributed by atoms with Crippen LogP contribution in [0.5, 0.6) is 5.75 Å². The third-order valence-corrected chi connectivity index (χ3v) is 3.18. The number of hydrogen-bond acceptors (Lipinski definition) is 5. The van der Waals surface area contributed by atoms with Gasteiger partial charge in [-0.1, -0.05) is 16.8 Å². The van der Waals surface area contributed by atoms with Crippen LogP contribution in [0.1, 0.15) is 40.8 Å². The van der Waals surface area contributed by atoms with E-state index in [0.717, 1.165) is 12.8 Å². The van der Waals surface area contributed by atoms with Gasteiger partial charge in [-0.2, -0.15) is 4.98 Å². The van der Waals surface area contributed by atoms with Crippen LogP contribution in [0, 0.1) is 0 Å². The second-order valence-corrected chi connectivity index (χ2v) is 4.99. The SMILES string of the molecule is O=C(O)c1ccc(Cl)cc1OCc1noc(C2CC2)n1. The average Bonchev–Trinajstić information content (AvgIpc) is 3.15. The summed E-state index contributed by atoms with van der Waals surface area (Å²) in [5.74, 6) is 0.486. The monoisotopic (exact) mass is 294 g/mol. The Morgan fingerprint density at radius 3 is 3.00 bits per heavy atom. The standard InChI is InChI=1S/C13H11ClN2O4/c14-8-3-4-9(13(17)18)10(5-8)19-6-11-15-12(20-16-11)7-1-2-7/h3-5,7H,1-2,6H2,(H,17,18). The molecule has 0 atom stereocenters. The molecule has 0 unspecified atom stereocenters. The van der Waals surface area contributed by atoms with E-state index in [1.165, 1.54) is 18.2 Å². The number of ether oxygens (including phenoxy) is 1. The van der Waals surface area contributed by atoms with Crippen LogP contribution in [-0.4, -0.2) is 21.2 Å². The zero-order valence-corrected chi connectivity index (χ0v) is 11.1. The van der Waals surface area contributed by atoms with Crippen molar-refractivity contribution in [3.63, 3.8) is 0 Å². The van der Waals surface area contributed by atoms with Gasteiger partial charge in [0.05, 0.1) is 0 Å². The molecule has 7 heteroatoms. The van der Waals surface area contributed by atoms with E-state index in [4.69, 9.17) is 26.0 Å². The van der Waals surface area contributed by atoms with Gasteiger partial charge in [-0.05, 0) is 31.0 Å². The molecule has 0 radical (unpaired) electrons. The Balaban J connectivity index is 1.73. The molecule has 20 heavy (non-hydrogen) atoms. The first-order chi connectivity index (χ1) is 9.63. The lowest BCUT2D eigenvalue weighted by Crippen LogP contribution is -2.04. The Kier molecular flexibility index (Phi) is 3.31. The molecule has 0 spiro atoms. The summed E-state index contributed by atoms with van der Waals surface area (Å²) >= 11 is 5.83. The van der Waals surface area contributed by atoms with E-state index >= 15 is 0 Å². The number of aromatic nitrogens is 2.